The van der Waals surface area contributed by atoms with Crippen molar-refractivity contribution in [2.24, 2.45) is 11.1 Å². The summed E-state index contributed by atoms with van der Waals surface area (Å²) in [5.74, 6) is 0.117. The number of amides is 1. The van der Waals surface area contributed by atoms with E-state index < -0.39 is 0 Å². The second-order valence-corrected chi connectivity index (χ2v) is 5.38. The lowest BCUT2D eigenvalue weighted by atomic mass is 9.81. The third-order valence-corrected chi connectivity index (χ3v) is 4.65. The first-order chi connectivity index (χ1) is 8.15. The fraction of sp³-hybridized carbons (Fsp3) is 0.923. The van der Waals surface area contributed by atoms with Gasteiger partial charge in [0.15, 0.2) is 0 Å². The van der Waals surface area contributed by atoms with Crippen molar-refractivity contribution >= 4 is 18.3 Å². The van der Waals surface area contributed by atoms with Gasteiger partial charge in [0.1, 0.15) is 0 Å². The van der Waals surface area contributed by atoms with Crippen LogP contribution in [0.3, 0.4) is 0 Å². The smallest absolute Gasteiger partial charge is 0.227 e. The normalized spacial score (nSPS) is 30.1. The van der Waals surface area contributed by atoms with E-state index in [0.29, 0.717) is 12.6 Å². The average Bonchev–Trinajstić information content (AvgIpc) is 2.94. The highest BCUT2D eigenvalue weighted by Gasteiger charge is 2.43. The van der Waals surface area contributed by atoms with Crippen molar-refractivity contribution in [3.8, 4) is 0 Å². The van der Waals surface area contributed by atoms with Gasteiger partial charge in [-0.15, -0.1) is 12.4 Å². The Hall–Kier alpha value is -0.320. The van der Waals surface area contributed by atoms with Crippen LogP contribution in [0.4, 0.5) is 0 Å². The molecule has 0 aromatic heterocycles. The van der Waals surface area contributed by atoms with Crippen LogP contribution < -0.4 is 11.1 Å². The van der Waals surface area contributed by atoms with Crippen LogP contribution in [-0.4, -0.2) is 30.7 Å². The molecule has 3 atom stereocenters. The average molecular weight is 277 g/mol. The van der Waals surface area contributed by atoms with Crippen LogP contribution in [0.25, 0.3) is 0 Å². The Balaban J connectivity index is 0.00000162. The first-order valence-electron chi connectivity index (χ1n) is 6.81. The van der Waals surface area contributed by atoms with Crippen molar-refractivity contribution in [3.05, 3.63) is 0 Å². The molecule has 5 heteroatoms. The molecule has 2 fully saturated rings. The Labute approximate surface area is 115 Å². The van der Waals surface area contributed by atoms with Gasteiger partial charge >= 0.3 is 0 Å². The van der Waals surface area contributed by atoms with Crippen LogP contribution in [0, 0.1) is 5.41 Å². The summed E-state index contributed by atoms with van der Waals surface area (Å²) in [7, 11) is 0. The minimum Gasteiger partial charge on any atom is -0.373 e. The molecule has 1 amide bonds. The van der Waals surface area contributed by atoms with Crippen molar-refractivity contribution in [2.75, 3.05) is 6.54 Å². The molecule has 0 aromatic rings. The van der Waals surface area contributed by atoms with E-state index in [9.17, 15) is 4.79 Å². The molecule has 106 valence electrons. The Bertz CT molecular complexity index is 286. The molecule has 4 nitrogen and oxygen atoms in total. The predicted octanol–water partition coefficient (Wildman–Crippen LogP) is 1.61. The van der Waals surface area contributed by atoms with E-state index >= 15 is 0 Å². The molecule has 0 spiro atoms. The number of ether oxygens (including phenoxy) is 1. The van der Waals surface area contributed by atoms with Crippen LogP contribution in [0.2, 0.25) is 0 Å². The molecule has 0 saturated carbocycles. The first kappa shape index (κ1) is 15.7. The van der Waals surface area contributed by atoms with E-state index in [1.165, 1.54) is 0 Å². The Kier molecular flexibility index (Phi) is 5.44. The Morgan fingerprint density at radius 1 is 1.39 bits per heavy atom. The minimum absolute atomic E-state index is 0. The van der Waals surface area contributed by atoms with Crippen molar-refractivity contribution < 1.29 is 9.53 Å². The number of halogens is 1. The largest absolute Gasteiger partial charge is 0.373 e. The molecule has 2 rings (SSSR count). The van der Waals surface area contributed by atoms with Crippen LogP contribution >= 0.6 is 12.4 Å². The maximum Gasteiger partial charge on any atom is 0.227 e. The number of carbonyl (C=O) groups is 1. The molecule has 2 bridgehead atoms. The van der Waals surface area contributed by atoms with Gasteiger partial charge in [-0.2, -0.15) is 0 Å². The van der Waals surface area contributed by atoms with E-state index in [1.807, 2.05) is 13.8 Å². The third-order valence-electron chi connectivity index (χ3n) is 4.65. The second kappa shape index (κ2) is 6.22. The highest BCUT2D eigenvalue weighted by molar-refractivity contribution is 5.85. The summed E-state index contributed by atoms with van der Waals surface area (Å²) in [6.07, 6.45) is 5.43. The van der Waals surface area contributed by atoms with E-state index in [4.69, 9.17) is 10.5 Å². The number of rotatable bonds is 5. The van der Waals surface area contributed by atoms with Gasteiger partial charge in [0, 0.05) is 6.54 Å². The van der Waals surface area contributed by atoms with Crippen LogP contribution in [0.1, 0.15) is 46.0 Å². The van der Waals surface area contributed by atoms with E-state index in [-0.39, 0.29) is 35.9 Å². The van der Waals surface area contributed by atoms with Crippen molar-refractivity contribution in [2.45, 2.75) is 64.2 Å². The summed E-state index contributed by atoms with van der Waals surface area (Å²) in [5, 5.41) is 3.16. The zero-order valence-corrected chi connectivity index (χ0v) is 12.1. The van der Waals surface area contributed by atoms with Gasteiger partial charge in [0.25, 0.3) is 0 Å². The van der Waals surface area contributed by atoms with Gasteiger partial charge in [-0.3, -0.25) is 4.79 Å². The maximum atomic E-state index is 12.3. The van der Waals surface area contributed by atoms with Gasteiger partial charge in [0.2, 0.25) is 5.91 Å². The Morgan fingerprint density at radius 3 is 2.44 bits per heavy atom. The standard InChI is InChI=1S/C13H24N2O2.ClH/c1-3-13(4-2,8-14)12(16)15-10-7-9-5-6-11(10)17-9;/h9-11H,3-8,14H2,1-2H3,(H,15,16);1H/t9-,10-,11+;/m1./s1. The molecule has 0 radical (unpaired) electrons. The monoisotopic (exact) mass is 276 g/mol. The van der Waals surface area contributed by atoms with Crippen molar-refractivity contribution in [1.29, 1.82) is 0 Å². The molecular formula is C13H25ClN2O2. The summed E-state index contributed by atoms with van der Waals surface area (Å²) in [5.41, 5.74) is 5.40. The summed E-state index contributed by atoms with van der Waals surface area (Å²) >= 11 is 0. The van der Waals surface area contributed by atoms with Crippen LogP contribution in [0.5, 0.6) is 0 Å². The molecule has 2 aliphatic rings. The topological polar surface area (TPSA) is 64.4 Å². The molecule has 2 aliphatic heterocycles. The van der Waals surface area contributed by atoms with Gasteiger partial charge in [-0.05, 0) is 32.1 Å². The van der Waals surface area contributed by atoms with Crippen molar-refractivity contribution in [1.82, 2.24) is 5.32 Å². The first-order valence-corrected chi connectivity index (χ1v) is 6.81. The molecule has 18 heavy (non-hydrogen) atoms. The van der Waals surface area contributed by atoms with Crippen LogP contribution in [0.15, 0.2) is 0 Å². The zero-order chi connectivity index (χ0) is 12.5. The number of carbonyl (C=O) groups excluding carboxylic acids is 1. The van der Waals surface area contributed by atoms with Gasteiger partial charge in [-0.1, -0.05) is 13.8 Å². The molecule has 0 aromatic carbocycles. The van der Waals surface area contributed by atoms with Crippen molar-refractivity contribution in [3.63, 3.8) is 0 Å². The maximum absolute atomic E-state index is 12.3. The number of nitrogens with one attached hydrogen (secondary N) is 1. The molecule has 0 unspecified atom stereocenters. The second-order valence-electron chi connectivity index (χ2n) is 5.38. The SMILES string of the molecule is CCC(CC)(CN)C(=O)N[C@@H]1C[C@H]2CC[C@@H]1O2.Cl. The predicted molar refractivity (Wildman–Crippen MR) is 73.8 cm³/mol. The summed E-state index contributed by atoms with van der Waals surface area (Å²) in [6, 6.07) is 0.213. The fourth-order valence-corrected chi connectivity index (χ4v) is 3.06. The van der Waals surface area contributed by atoms with Gasteiger partial charge in [-0.25, -0.2) is 0 Å². The molecule has 2 saturated heterocycles. The van der Waals surface area contributed by atoms with Gasteiger partial charge in [0.05, 0.1) is 23.7 Å². The van der Waals surface area contributed by atoms with Gasteiger partial charge < -0.3 is 15.8 Å². The van der Waals surface area contributed by atoms with Crippen LogP contribution in [-0.2, 0) is 9.53 Å². The zero-order valence-electron chi connectivity index (χ0n) is 11.3. The molecule has 0 aliphatic carbocycles. The highest BCUT2D eigenvalue weighted by atomic mass is 35.5. The Morgan fingerprint density at radius 2 is 2.06 bits per heavy atom. The number of fused-ring (bicyclic) bond motifs is 2. The number of hydrogen-bond acceptors (Lipinski definition) is 3. The molecule has 2 heterocycles. The van der Waals surface area contributed by atoms with E-state index in [1.54, 1.807) is 0 Å². The van der Waals surface area contributed by atoms with E-state index in [0.717, 1.165) is 32.1 Å². The lowest BCUT2D eigenvalue weighted by Gasteiger charge is -2.31. The number of nitrogens with two attached hydrogens (primary N) is 1. The molecule has 3 N–H and O–H groups in total. The summed E-state index contributed by atoms with van der Waals surface area (Å²) in [4.78, 5) is 12.3. The summed E-state index contributed by atoms with van der Waals surface area (Å²) < 4.78 is 5.75. The lowest BCUT2D eigenvalue weighted by molar-refractivity contribution is -0.132. The highest BCUT2D eigenvalue weighted by Crippen LogP contribution is 2.35. The minimum atomic E-state index is -0.387. The lowest BCUT2D eigenvalue weighted by Crippen LogP contribution is -2.51. The third kappa shape index (κ3) is 2.65. The van der Waals surface area contributed by atoms with E-state index in [2.05, 4.69) is 5.32 Å². The quantitative estimate of drug-likeness (QED) is 0.802. The molecular weight excluding hydrogens is 252 g/mol. The fourth-order valence-electron chi connectivity index (χ4n) is 3.06. The summed E-state index contributed by atoms with van der Waals surface area (Å²) in [6.45, 7) is 4.49. The number of hydrogen-bond donors (Lipinski definition) is 2.